The van der Waals surface area contributed by atoms with Gasteiger partial charge in [-0.25, -0.2) is 4.79 Å². The predicted molar refractivity (Wildman–Crippen MR) is 119 cm³/mol. The average molecular weight is 453 g/mol. The lowest BCUT2D eigenvalue weighted by Gasteiger charge is -2.23. The zero-order valence-electron chi connectivity index (χ0n) is 19.9. The lowest BCUT2D eigenvalue weighted by atomic mass is 9.92. The Morgan fingerprint density at radius 2 is 1.38 bits per heavy atom. The third-order valence-electron chi connectivity index (χ3n) is 5.12. The molecular weight excluding hydrogens is 416 g/mol. The SMILES string of the molecule is CCCCC(C)OC(=O)C(C(=O)OC(C)CCCC)c1cc(OC)cc(OC)c1C(=O)O. The second kappa shape index (κ2) is 13.6. The minimum Gasteiger partial charge on any atom is -0.497 e. The van der Waals surface area contributed by atoms with E-state index in [9.17, 15) is 19.5 Å². The van der Waals surface area contributed by atoms with Crippen molar-refractivity contribution in [2.24, 2.45) is 0 Å². The molecule has 2 atom stereocenters. The lowest BCUT2D eigenvalue weighted by molar-refractivity contribution is -0.162. The van der Waals surface area contributed by atoms with Crippen LogP contribution in [0.25, 0.3) is 0 Å². The summed E-state index contributed by atoms with van der Waals surface area (Å²) in [5, 5.41) is 9.82. The van der Waals surface area contributed by atoms with Crippen molar-refractivity contribution >= 4 is 17.9 Å². The van der Waals surface area contributed by atoms with Crippen LogP contribution in [-0.4, -0.2) is 49.4 Å². The van der Waals surface area contributed by atoms with E-state index >= 15 is 0 Å². The van der Waals surface area contributed by atoms with Crippen molar-refractivity contribution in [3.05, 3.63) is 23.3 Å². The fourth-order valence-electron chi connectivity index (χ4n) is 3.33. The van der Waals surface area contributed by atoms with E-state index in [1.807, 2.05) is 13.8 Å². The largest absolute Gasteiger partial charge is 0.497 e. The van der Waals surface area contributed by atoms with E-state index in [0.29, 0.717) is 12.8 Å². The summed E-state index contributed by atoms with van der Waals surface area (Å²) < 4.78 is 21.5. The van der Waals surface area contributed by atoms with Gasteiger partial charge < -0.3 is 24.1 Å². The van der Waals surface area contributed by atoms with Crippen LogP contribution in [0.15, 0.2) is 12.1 Å². The third kappa shape index (κ3) is 7.73. The van der Waals surface area contributed by atoms with E-state index in [4.69, 9.17) is 18.9 Å². The quantitative estimate of drug-likeness (QED) is 0.319. The van der Waals surface area contributed by atoms with Crippen LogP contribution >= 0.6 is 0 Å². The van der Waals surface area contributed by atoms with Gasteiger partial charge in [0.15, 0.2) is 5.92 Å². The molecule has 8 nitrogen and oxygen atoms in total. The first-order chi connectivity index (χ1) is 15.2. The van der Waals surface area contributed by atoms with Crippen molar-refractivity contribution in [3.8, 4) is 11.5 Å². The summed E-state index contributed by atoms with van der Waals surface area (Å²) >= 11 is 0. The van der Waals surface area contributed by atoms with Crippen LogP contribution in [0.4, 0.5) is 0 Å². The monoisotopic (exact) mass is 452 g/mol. The number of carbonyl (C=O) groups is 3. The highest BCUT2D eigenvalue weighted by Gasteiger charge is 2.38. The molecule has 1 N–H and O–H groups in total. The first kappa shape index (κ1) is 27.3. The fourth-order valence-corrected chi connectivity index (χ4v) is 3.33. The van der Waals surface area contributed by atoms with Crippen molar-refractivity contribution in [2.45, 2.75) is 84.3 Å². The van der Waals surface area contributed by atoms with Gasteiger partial charge >= 0.3 is 17.9 Å². The van der Waals surface area contributed by atoms with E-state index < -0.39 is 36.0 Å². The first-order valence-corrected chi connectivity index (χ1v) is 11.1. The first-order valence-electron chi connectivity index (χ1n) is 11.1. The molecule has 0 fully saturated rings. The van der Waals surface area contributed by atoms with Gasteiger partial charge in [0, 0.05) is 6.07 Å². The highest BCUT2D eigenvalue weighted by atomic mass is 16.6. The molecule has 0 spiro atoms. The Morgan fingerprint density at radius 3 is 1.75 bits per heavy atom. The smallest absolute Gasteiger partial charge is 0.339 e. The summed E-state index contributed by atoms with van der Waals surface area (Å²) in [4.78, 5) is 38.3. The molecule has 1 aromatic rings. The Balaban J connectivity index is 3.46. The highest BCUT2D eigenvalue weighted by molar-refractivity contribution is 6.05. The van der Waals surface area contributed by atoms with E-state index in [1.165, 1.54) is 26.4 Å². The van der Waals surface area contributed by atoms with Crippen molar-refractivity contribution in [1.29, 1.82) is 0 Å². The van der Waals surface area contributed by atoms with Crippen LogP contribution in [0.1, 0.15) is 88.1 Å². The molecule has 0 bridgehead atoms. The molecule has 8 heteroatoms. The Kier molecular flexibility index (Phi) is 11.6. The van der Waals surface area contributed by atoms with E-state index in [-0.39, 0.29) is 22.6 Å². The van der Waals surface area contributed by atoms with Gasteiger partial charge in [0.25, 0.3) is 0 Å². The number of carboxylic acids is 1. The minimum absolute atomic E-state index is 0.0319. The lowest BCUT2D eigenvalue weighted by Crippen LogP contribution is -2.32. The van der Waals surface area contributed by atoms with E-state index in [1.54, 1.807) is 13.8 Å². The molecule has 2 unspecified atom stereocenters. The van der Waals surface area contributed by atoms with Gasteiger partial charge in [-0.05, 0) is 38.3 Å². The van der Waals surface area contributed by atoms with Gasteiger partial charge in [-0.2, -0.15) is 0 Å². The van der Waals surface area contributed by atoms with Crippen LogP contribution in [0.2, 0.25) is 0 Å². The normalized spacial score (nSPS) is 13.6. The number of benzene rings is 1. The number of methoxy groups -OCH3 is 2. The number of carbonyl (C=O) groups excluding carboxylic acids is 2. The molecule has 32 heavy (non-hydrogen) atoms. The molecular formula is C24H36O8. The second-order valence-corrected chi connectivity index (χ2v) is 7.81. The van der Waals surface area contributed by atoms with Gasteiger partial charge in [-0.15, -0.1) is 0 Å². The number of carboxylic acid groups (broad SMARTS) is 1. The molecule has 0 aliphatic heterocycles. The van der Waals surface area contributed by atoms with Gasteiger partial charge in [0.2, 0.25) is 0 Å². The van der Waals surface area contributed by atoms with Gasteiger partial charge in [-0.1, -0.05) is 39.5 Å². The summed E-state index contributed by atoms with van der Waals surface area (Å²) in [5.74, 6) is -4.44. The van der Waals surface area contributed by atoms with E-state index in [2.05, 4.69) is 0 Å². The van der Waals surface area contributed by atoms with Gasteiger partial charge in [0.05, 0.1) is 26.4 Å². The summed E-state index contributed by atoms with van der Waals surface area (Å²) in [6.07, 6.45) is 3.95. The van der Waals surface area contributed by atoms with Crippen molar-refractivity contribution in [1.82, 2.24) is 0 Å². The zero-order valence-corrected chi connectivity index (χ0v) is 19.9. The maximum Gasteiger partial charge on any atom is 0.339 e. The van der Waals surface area contributed by atoms with Crippen LogP contribution in [0.3, 0.4) is 0 Å². The molecule has 0 aromatic heterocycles. The summed E-state index contributed by atoms with van der Waals surface area (Å²) in [7, 11) is 2.70. The number of esters is 2. The Morgan fingerprint density at radius 1 is 0.875 bits per heavy atom. The van der Waals surface area contributed by atoms with Crippen molar-refractivity contribution in [3.63, 3.8) is 0 Å². The molecule has 0 heterocycles. The summed E-state index contributed by atoms with van der Waals surface area (Å²) in [5.41, 5.74) is -0.399. The van der Waals surface area contributed by atoms with Crippen LogP contribution in [-0.2, 0) is 19.1 Å². The molecule has 0 aliphatic rings. The van der Waals surface area contributed by atoms with Crippen LogP contribution in [0, 0.1) is 0 Å². The van der Waals surface area contributed by atoms with Crippen molar-refractivity contribution in [2.75, 3.05) is 14.2 Å². The molecule has 0 radical (unpaired) electrons. The van der Waals surface area contributed by atoms with Crippen LogP contribution in [0.5, 0.6) is 11.5 Å². The Bertz CT molecular complexity index is 746. The summed E-state index contributed by atoms with van der Waals surface area (Å²) in [6.45, 7) is 7.52. The maximum atomic E-state index is 13.1. The predicted octanol–water partition coefficient (Wildman–Crippen LogP) is 4.73. The molecule has 0 saturated heterocycles. The molecule has 0 saturated carbocycles. The number of unbranched alkanes of at least 4 members (excludes halogenated alkanes) is 2. The maximum absolute atomic E-state index is 13.1. The molecule has 1 aromatic carbocycles. The highest BCUT2D eigenvalue weighted by Crippen LogP contribution is 2.35. The van der Waals surface area contributed by atoms with Crippen LogP contribution < -0.4 is 9.47 Å². The van der Waals surface area contributed by atoms with E-state index in [0.717, 1.165) is 25.7 Å². The summed E-state index contributed by atoms with van der Waals surface area (Å²) in [6, 6.07) is 2.72. The number of aromatic carboxylic acids is 1. The third-order valence-corrected chi connectivity index (χ3v) is 5.12. The van der Waals surface area contributed by atoms with Gasteiger partial charge in [-0.3, -0.25) is 9.59 Å². The minimum atomic E-state index is -1.58. The number of hydrogen-bond donors (Lipinski definition) is 1. The fraction of sp³-hybridized carbons (Fsp3) is 0.625. The molecule has 0 aliphatic carbocycles. The molecule has 1 rings (SSSR count). The zero-order chi connectivity index (χ0) is 24.3. The number of ether oxygens (including phenoxy) is 4. The molecule has 180 valence electrons. The Labute approximate surface area is 190 Å². The Hall–Kier alpha value is -2.77. The standard InChI is InChI=1S/C24H36O8/c1-7-9-11-15(3)31-23(27)21(24(28)32-16(4)12-10-8-2)18-13-17(29-5)14-19(30-6)20(18)22(25)26/h13-16,21H,7-12H2,1-6H3,(H,25,26). The number of hydrogen-bond acceptors (Lipinski definition) is 7. The molecule has 0 amide bonds. The van der Waals surface area contributed by atoms with Crippen molar-refractivity contribution < 1.29 is 38.4 Å². The van der Waals surface area contributed by atoms with Gasteiger partial charge in [0.1, 0.15) is 17.1 Å². The second-order valence-electron chi connectivity index (χ2n) is 7.81. The average Bonchev–Trinajstić information content (AvgIpc) is 2.75. The topological polar surface area (TPSA) is 108 Å². The number of rotatable bonds is 14.